The highest BCUT2D eigenvalue weighted by molar-refractivity contribution is 7.99. The van der Waals surface area contributed by atoms with E-state index in [1.165, 1.54) is 23.1 Å². The molecule has 2 aromatic carbocycles. The van der Waals surface area contributed by atoms with E-state index in [2.05, 4.69) is 4.74 Å². The zero-order chi connectivity index (χ0) is 23.7. The summed E-state index contributed by atoms with van der Waals surface area (Å²) in [4.78, 5) is 33.3. The van der Waals surface area contributed by atoms with E-state index in [0.717, 1.165) is 43.0 Å². The summed E-state index contributed by atoms with van der Waals surface area (Å²) in [5.41, 5.74) is 1.68. The number of ketones is 1. The molecule has 0 fully saturated rings. The zero-order valence-electron chi connectivity index (χ0n) is 18.0. The van der Waals surface area contributed by atoms with Crippen molar-refractivity contribution in [2.75, 3.05) is 5.75 Å². The minimum Gasteiger partial charge on any atom is -0.434 e. The number of thiophene rings is 1. The van der Waals surface area contributed by atoms with Gasteiger partial charge in [0.2, 0.25) is 0 Å². The summed E-state index contributed by atoms with van der Waals surface area (Å²) >= 11 is 2.66. The van der Waals surface area contributed by atoms with Crippen LogP contribution in [0.1, 0.15) is 33.6 Å². The molecule has 0 saturated carbocycles. The maximum atomic E-state index is 13.7. The lowest BCUT2D eigenvalue weighted by Gasteiger charge is -2.14. The van der Waals surface area contributed by atoms with Crippen LogP contribution in [0.15, 0.2) is 64.5 Å². The molecule has 4 aromatic rings. The van der Waals surface area contributed by atoms with Crippen LogP contribution in [-0.2, 0) is 12.8 Å². The fourth-order valence-corrected chi connectivity index (χ4v) is 6.39. The van der Waals surface area contributed by atoms with Crippen LogP contribution >= 0.6 is 23.1 Å². The van der Waals surface area contributed by atoms with Crippen molar-refractivity contribution in [2.45, 2.75) is 37.5 Å². The normalized spacial score (nSPS) is 13.3. The minimum absolute atomic E-state index is 0.0663. The Bertz CT molecular complexity index is 1420. The van der Waals surface area contributed by atoms with Gasteiger partial charge in [-0.1, -0.05) is 42.1 Å². The molecule has 2 aromatic heterocycles. The Kier molecular flexibility index (Phi) is 6.47. The van der Waals surface area contributed by atoms with E-state index in [4.69, 9.17) is 4.98 Å². The first-order valence-corrected chi connectivity index (χ1v) is 12.7. The molecule has 9 heteroatoms. The van der Waals surface area contributed by atoms with Gasteiger partial charge in [0.25, 0.3) is 5.56 Å². The van der Waals surface area contributed by atoms with Crippen molar-refractivity contribution >= 4 is 39.1 Å². The van der Waals surface area contributed by atoms with Crippen LogP contribution in [-0.4, -0.2) is 27.7 Å². The van der Waals surface area contributed by atoms with Crippen LogP contribution < -0.4 is 10.3 Å². The van der Waals surface area contributed by atoms with E-state index in [9.17, 15) is 18.4 Å². The van der Waals surface area contributed by atoms with Crippen molar-refractivity contribution in [3.8, 4) is 11.4 Å². The molecule has 0 saturated heterocycles. The molecule has 0 atom stereocenters. The van der Waals surface area contributed by atoms with Crippen LogP contribution in [0.4, 0.5) is 8.78 Å². The van der Waals surface area contributed by atoms with Crippen molar-refractivity contribution in [3.63, 3.8) is 0 Å². The number of aryl methyl sites for hydroxylation is 2. The predicted octanol–water partition coefficient (Wildman–Crippen LogP) is 5.90. The number of carbonyl (C=O) groups is 1. The lowest BCUT2D eigenvalue weighted by atomic mass is 9.97. The van der Waals surface area contributed by atoms with Gasteiger partial charge in [0, 0.05) is 4.88 Å². The Morgan fingerprint density at radius 3 is 2.62 bits per heavy atom. The molecule has 0 amide bonds. The lowest BCUT2D eigenvalue weighted by molar-refractivity contribution is -0.0501. The third-order valence-electron chi connectivity index (χ3n) is 5.71. The second-order valence-corrected chi connectivity index (χ2v) is 9.87. The van der Waals surface area contributed by atoms with Gasteiger partial charge in [-0.25, -0.2) is 4.98 Å². The number of alkyl halides is 2. The van der Waals surface area contributed by atoms with E-state index in [-0.39, 0.29) is 28.4 Å². The van der Waals surface area contributed by atoms with E-state index >= 15 is 0 Å². The number of nitrogens with zero attached hydrogens (tertiary/aromatic N) is 2. The van der Waals surface area contributed by atoms with Gasteiger partial charge in [-0.15, -0.1) is 11.3 Å². The number of hydrogen-bond acceptors (Lipinski definition) is 6. The number of Topliss-reactive ketones (excluding diaryl/α,β-unsaturated/α-hetero) is 1. The Morgan fingerprint density at radius 2 is 1.82 bits per heavy atom. The standard InChI is InChI=1S/C25H20F2N2O3S2/c26-24(27)32-19-12-6-4-10-16(19)18(30)14-33-25-28-22-21(17-11-5-7-13-20(17)34-22)23(31)29(25)15-8-2-1-3-9-15/h1-4,6,8-10,12,24H,5,7,11,13-14H2. The number of halogens is 2. The summed E-state index contributed by atoms with van der Waals surface area (Å²) in [6.07, 6.45) is 3.97. The minimum atomic E-state index is -3.03. The molecule has 2 heterocycles. The second kappa shape index (κ2) is 9.68. The van der Waals surface area contributed by atoms with E-state index in [0.29, 0.717) is 21.1 Å². The summed E-state index contributed by atoms with van der Waals surface area (Å²) in [5.74, 6) is -0.641. The third-order valence-corrected chi connectivity index (χ3v) is 7.83. The third kappa shape index (κ3) is 4.37. The smallest absolute Gasteiger partial charge is 0.387 e. The monoisotopic (exact) mass is 498 g/mol. The molecule has 1 aliphatic rings. The van der Waals surface area contributed by atoms with Crippen LogP contribution in [0, 0.1) is 0 Å². The largest absolute Gasteiger partial charge is 0.434 e. The lowest BCUT2D eigenvalue weighted by Crippen LogP contribution is -2.22. The molecule has 5 nitrogen and oxygen atoms in total. The highest BCUT2D eigenvalue weighted by atomic mass is 32.2. The van der Waals surface area contributed by atoms with Crippen LogP contribution in [0.5, 0.6) is 5.75 Å². The summed E-state index contributed by atoms with van der Waals surface area (Å²) in [6, 6.07) is 15.1. The maximum Gasteiger partial charge on any atom is 0.387 e. The van der Waals surface area contributed by atoms with Gasteiger partial charge in [0.1, 0.15) is 10.6 Å². The van der Waals surface area contributed by atoms with Crippen molar-refractivity contribution in [2.24, 2.45) is 0 Å². The molecule has 174 valence electrons. The molecule has 0 radical (unpaired) electrons. The van der Waals surface area contributed by atoms with Crippen molar-refractivity contribution in [1.82, 2.24) is 9.55 Å². The van der Waals surface area contributed by atoms with Gasteiger partial charge in [0.05, 0.1) is 22.4 Å². The van der Waals surface area contributed by atoms with Crippen molar-refractivity contribution in [3.05, 3.63) is 81.0 Å². The highest BCUT2D eigenvalue weighted by Gasteiger charge is 2.24. The molecule has 34 heavy (non-hydrogen) atoms. The van der Waals surface area contributed by atoms with Crippen LogP contribution in [0.25, 0.3) is 15.9 Å². The van der Waals surface area contributed by atoms with Crippen LogP contribution in [0.2, 0.25) is 0 Å². The molecule has 0 bridgehead atoms. The Morgan fingerprint density at radius 1 is 1.09 bits per heavy atom. The Labute approximate surface area is 202 Å². The fraction of sp³-hybridized carbons (Fsp3) is 0.240. The first kappa shape index (κ1) is 22.7. The second-order valence-electron chi connectivity index (χ2n) is 7.85. The molecule has 0 aliphatic heterocycles. The van der Waals surface area contributed by atoms with Crippen molar-refractivity contribution in [1.29, 1.82) is 0 Å². The van der Waals surface area contributed by atoms with Gasteiger partial charge in [-0.2, -0.15) is 8.78 Å². The first-order chi connectivity index (χ1) is 16.5. The first-order valence-electron chi connectivity index (χ1n) is 10.9. The number of rotatable bonds is 7. The van der Waals surface area contributed by atoms with E-state index < -0.39 is 6.61 Å². The summed E-state index contributed by atoms with van der Waals surface area (Å²) in [5, 5.41) is 1.05. The summed E-state index contributed by atoms with van der Waals surface area (Å²) in [6.45, 7) is -3.03. The topological polar surface area (TPSA) is 61.2 Å². The van der Waals surface area contributed by atoms with Crippen molar-refractivity contribution < 1.29 is 18.3 Å². The molecule has 5 rings (SSSR count). The van der Waals surface area contributed by atoms with E-state index in [1.54, 1.807) is 22.0 Å². The number of benzene rings is 2. The number of carbonyl (C=O) groups excluding carboxylic acids is 1. The molecule has 1 aliphatic carbocycles. The van der Waals surface area contributed by atoms with Gasteiger partial charge >= 0.3 is 6.61 Å². The van der Waals surface area contributed by atoms with Gasteiger partial charge in [-0.3, -0.25) is 14.2 Å². The molecule has 0 spiro atoms. The number of fused-ring (bicyclic) bond motifs is 3. The number of ether oxygens (including phenoxy) is 1. The number of thioether (sulfide) groups is 1. The Hall–Kier alpha value is -3.04. The SMILES string of the molecule is O=C(CSc1nc2sc3c(c2c(=O)n1-c1ccccc1)CCCC3)c1ccccc1OC(F)F. The highest BCUT2D eigenvalue weighted by Crippen LogP contribution is 2.35. The van der Waals surface area contributed by atoms with Gasteiger partial charge < -0.3 is 4.74 Å². The average Bonchev–Trinajstić information content (AvgIpc) is 3.22. The molecule has 0 N–H and O–H groups in total. The molecular weight excluding hydrogens is 478 g/mol. The number of hydrogen-bond donors (Lipinski definition) is 0. The zero-order valence-corrected chi connectivity index (χ0v) is 19.6. The fourth-order valence-electron chi connectivity index (χ4n) is 4.19. The van der Waals surface area contributed by atoms with Gasteiger partial charge in [-0.05, 0) is 55.5 Å². The van der Waals surface area contributed by atoms with Gasteiger partial charge in [0.15, 0.2) is 10.9 Å². The molecular formula is C25H20F2N2O3S2. The summed E-state index contributed by atoms with van der Waals surface area (Å²) < 4.78 is 31.6. The average molecular weight is 499 g/mol. The Balaban J connectivity index is 1.55. The quantitative estimate of drug-likeness (QED) is 0.180. The van der Waals surface area contributed by atoms with Crippen LogP contribution in [0.3, 0.4) is 0 Å². The van der Waals surface area contributed by atoms with E-state index in [1.807, 2.05) is 30.3 Å². The summed E-state index contributed by atoms with van der Waals surface area (Å²) in [7, 11) is 0. The molecule has 0 unspecified atom stereocenters. The number of para-hydroxylation sites is 2. The predicted molar refractivity (Wildman–Crippen MR) is 130 cm³/mol. The maximum absolute atomic E-state index is 13.7. The number of aromatic nitrogens is 2.